The van der Waals surface area contributed by atoms with Crippen molar-refractivity contribution in [2.45, 2.75) is 32.4 Å². The standard InChI is InChI=1S/C12H19N5O2/c1-12(2,6-9(13)18)16-7-8-4-3-5-15-10(8)11(14)17-19/h3-5,16,19H,6-7H2,1-2H3,(H2,13,18)(H2,14,17). The highest BCUT2D eigenvalue weighted by Crippen LogP contribution is 2.11. The number of amides is 1. The normalized spacial score (nSPS) is 12.4. The highest BCUT2D eigenvalue weighted by Gasteiger charge is 2.20. The molecule has 0 radical (unpaired) electrons. The van der Waals surface area contributed by atoms with Crippen molar-refractivity contribution in [2.75, 3.05) is 0 Å². The van der Waals surface area contributed by atoms with Crippen molar-refractivity contribution in [3.63, 3.8) is 0 Å². The number of amidine groups is 1. The maximum Gasteiger partial charge on any atom is 0.219 e. The summed E-state index contributed by atoms with van der Waals surface area (Å²) in [6, 6.07) is 3.57. The summed E-state index contributed by atoms with van der Waals surface area (Å²) in [6.45, 7) is 4.17. The number of hydrogen-bond acceptors (Lipinski definition) is 5. The first-order valence-electron chi connectivity index (χ1n) is 5.81. The van der Waals surface area contributed by atoms with Gasteiger partial charge in [0, 0.05) is 24.7 Å². The number of hydrogen-bond donors (Lipinski definition) is 4. The third kappa shape index (κ3) is 4.55. The maximum atomic E-state index is 10.9. The fourth-order valence-electron chi connectivity index (χ4n) is 1.69. The van der Waals surface area contributed by atoms with Crippen LogP contribution in [0.4, 0.5) is 0 Å². The zero-order valence-electron chi connectivity index (χ0n) is 11.1. The van der Waals surface area contributed by atoms with Crippen LogP contribution in [-0.2, 0) is 11.3 Å². The van der Waals surface area contributed by atoms with Crippen molar-refractivity contribution in [3.05, 3.63) is 29.6 Å². The zero-order valence-corrected chi connectivity index (χ0v) is 11.1. The second-order valence-electron chi connectivity index (χ2n) is 4.88. The maximum absolute atomic E-state index is 10.9. The van der Waals surface area contributed by atoms with Crippen LogP contribution in [-0.4, -0.2) is 27.5 Å². The summed E-state index contributed by atoms with van der Waals surface area (Å²) < 4.78 is 0. The molecule has 19 heavy (non-hydrogen) atoms. The van der Waals surface area contributed by atoms with E-state index in [1.165, 1.54) is 0 Å². The lowest BCUT2D eigenvalue weighted by molar-refractivity contribution is -0.119. The Morgan fingerprint density at radius 3 is 2.79 bits per heavy atom. The topological polar surface area (TPSA) is 127 Å². The molecule has 1 aromatic rings. The van der Waals surface area contributed by atoms with Gasteiger partial charge in [0.2, 0.25) is 5.91 Å². The summed E-state index contributed by atoms with van der Waals surface area (Å²) in [6.07, 6.45) is 1.78. The van der Waals surface area contributed by atoms with Crippen LogP contribution in [0.3, 0.4) is 0 Å². The summed E-state index contributed by atoms with van der Waals surface area (Å²) in [5, 5.41) is 14.8. The van der Waals surface area contributed by atoms with Gasteiger partial charge in [0.15, 0.2) is 5.84 Å². The Kier molecular flexibility index (Phi) is 4.82. The quantitative estimate of drug-likeness (QED) is 0.248. The van der Waals surface area contributed by atoms with Crippen molar-refractivity contribution < 1.29 is 10.0 Å². The molecule has 0 aliphatic rings. The predicted octanol–water partition coefficient (Wildman–Crippen LogP) is -0.0803. The largest absolute Gasteiger partial charge is 0.409 e. The van der Waals surface area contributed by atoms with Gasteiger partial charge in [-0.25, -0.2) is 0 Å². The molecule has 1 aromatic heterocycles. The summed E-state index contributed by atoms with van der Waals surface area (Å²) >= 11 is 0. The molecule has 0 bridgehead atoms. The van der Waals surface area contributed by atoms with Crippen LogP contribution in [0.15, 0.2) is 23.5 Å². The first-order chi connectivity index (χ1) is 8.85. The third-order valence-corrected chi connectivity index (χ3v) is 2.62. The third-order valence-electron chi connectivity index (χ3n) is 2.62. The average Bonchev–Trinajstić information content (AvgIpc) is 2.34. The number of carbonyl (C=O) groups is 1. The van der Waals surface area contributed by atoms with Crippen LogP contribution in [0, 0.1) is 0 Å². The van der Waals surface area contributed by atoms with Gasteiger partial charge >= 0.3 is 0 Å². The van der Waals surface area contributed by atoms with Gasteiger partial charge < -0.3 is 22.0 Å². The Morgan fingerprint density at radius 1 is 1.53 bits per heavy atom. The van der Waals surface area contributed by atoms with Gasteiger partial charge in [-0.05, 0) is 25.5 Å². The summed E-state index contributed by atoms with van der Waals surface area (Å²) in [4.78, 5) is 15.0. The zero-order chi connectivity index (χ0) is 14.5. The summed E-state index contributed by atoms with van der Waals surface area (Å²) in [5.41, 5.74) is 11.5. The van der Waals surface area contributed by atoms with E-state index in [0.29, 0.717) is 12.2 Å². The van der Waals surface area contributed by atoms with Gasteiger partial charge in [-0.2, -0.15) is 0 Å². The Labute approximate surface area is 111 Å². The Morgan fingerprint density at radius 2 is 2.21 bits per heavy atom. The minimum atomic E-state index is -0.440. The predicted molar refractivity (Wildman–Crippen MR) is 71.5 cm³/mol. The molecular formula is C12H19N5O2. The molecule has 0 aliphatic heterocycles. The molecule has 0 aliphatic carbocycles. The average molecular weight is 265 g/mol. The molecule has 0 saturated carbocycles. The van der Waals surface area contributed by atoms with Crippen LogP contribution >= 0.6 is 0 Å². The molecule has 104 valence electrons. The first kappa shape index (κ1) is 14.9. The van der Waals surface area contributed by atoms with E-state index in [-0.39, 0.29) is 18.2 Å². The van der Waals surface area contributed by atoms with Crippen LogP contribution in [0.2, 0.25) is 0 Å². The number of nitrogens with one attached hydrogen (secondary N) is 1. The molecule has 6 N–H and O–H groups in total. The number of nitrogens with zero attached hydrogens (tertiary/aromatic N) is 2. The lowest BCUT2D eigenvalue weighted by atomic mass is 9.99. The highest BCUT2D eigenvalue weighted by molar-refractivity contribution is 5.96. The molecule has 0 atom stereocenters. The first-order valence-corrected chi connectivity index (χ1v) is 5.81. The molecule has 0 aromatic carbocycles. The number of aromatic nitrogens is 1. The molecule has 0 saturated heterocycles. The number of oxime groups is 1. The summed E-state index contributed by atoms with van der Waals surface area (Å²) in [7, 11) is 0. The van der Waals surface area contributed by atoms with Gasteiger partial charge in [0.25, 0.3) is 0 Å². The second kappa shape index (κ2) is 6.14. The van der Waals surface area contributed by atoms with Gasteiger partial charge in [0.1, 0.15) is 5.69 Å². The van der Waals surface area contributed by atoms with Crippen LogP contribution in [0.1, 0.15) is 31.5 Å². The van der Waals surface area contributed by atoms with E-state index in [2.05, 4.69) is 15.5 Å². The van der Waals surface area contributed by atoms with E-state index in [1.54, 1.807) is 12.3 Å². The minimum absolute atomic E-state index is 0.0508. The molecular weight excluding hydrogens is 246 g/mol. The molecule has 1 amide bonds. The van der Waals surface area contributed by atoms with E-state index >= 15 is 0 Å². The Hall–Kier alpha value is -2.15. The molecule has 0 fully saturated rings. The lowest BCUT2D eigenvalue weighted by Gasteiger charge is -2.25. The SMILES string of the molecule is CC(C)(CC(N)=O)NCc1cccnc1/C(N)=N/O. The summed E-state index contributed by atoms with van der Waals surface area (Å²) in [5.74, 6) is -0.426. The van der Waals surface area contributed by atoms with Crippen molar-refractivity contribution in [1.82, 2.24) is 10.3 Å². The molecule has 1 rings (SSSR count). The van der Waals surface area contributed by atoms with E-state index in [1.807, 2.05) is 19.9 Å². The van der Waals surface area contributed by atoms with Crippen LogP contribution in [0.25, 0.3) is 0 Å². The number of carbonyl (C=O) groups excluding carboxylic acids is 1. The fourth-order valence-corrected chi connectivity index (χ4v) is 1.69. The number of rotatable bonds is 6. The number of pyridine rings is 1. The van der Waals surface area contributed by atoms with Gasteiger partial charge in [-0.15, -0.1) is 0 Å². The highest BCUT2D eigenvalue weighted by atomic mass is 16.4. The number of nitrogens with two attached hydrogens (primary N) is 2. The van der Waals surface area contributed by atoms with Crippen molar-refractivity contribution in [3.8, 4) is 0 Å². The molecule has 1 heterocycles. The lowest BCUT2D eigenvalue weighted by Crippen LogP contribution is -2.42. The molecule has 0 spiro atoms. The Balaban J connectivity index is 2.81. The van der Waals surface area contributed by atoms with E-state index in [9.17, 15) is 4.79 Å². The van der Waals surface area contributed by atoms with Crippen LogP contribution in [0.5, 0.6) is 0 Å². The van der Waals surface area contributed by atoms with E-state index < -0.39 is 5.54 Å². The fraction of sp³-hybridized carbons (Fsp3) is 0.417. The minimum Gasteiger partial charge on any atom is -0.409 e. The molecule has 7 nitrogen and oxygen atoms in total. The molecule has 7 heteroatoms. The van der Waals surface area contributed by atoms with Crippen LogP contribution < -0.4 is 16.8 Å². The Bertz CT molecular complexity index is 485. The molecule has 0 unspecified atom stereocenters. The van der Waals surface area contributed by atoms with Crippen molar-refractivity contribution in [2.24, 2.45) is 16.6 Å². The van der Waals surface area contributed by atoms with Gasteiger partial charge in [-0.1, -0.05) is 11.2 Å². The van der Waals surface area contributed by atoms with Crippen molar-refractivity contribution >= 4 is 11.7 Å². The van der Waals surface area contributed by atoms with Gasteiger partial charge in [0.05, 0.1) is 0 Å². The van der Waals surface area contributed by atoms with Gasteiger partial charge in [-0.3, -0.25) is 9.78 Å². The number of primary amides is 1. The second-order valence-corrected chi connectivity index (χ2v) is 4.88. The van der Waals surface area contributed by atoms with E-state index in [4.69, 9.17) is 16.7 Å². The van der Waals surface area contributed by atoms with Crippen molar-refractivity contribution in [1.29, 1.82) is 0 Å². The van der Waals surface area contributed by atoms with E-state index in [0.717, 1.165) is 5.56 Å². The smallest absolute Gasteiger partial charge is 0.219 e. The monoisotopic (exact) mass is 265 g/mol.